The molecular formula is C25H22F3N7O2. The van der Waals surface area contributed by atoms with Crippen LogP contribution in [0.15, 0.2) is 48.9 Å². The Labute approximate surface area is 209 Å². The van der Waals surface area contributed by atoms with Gasteiger partial charge in [0.1, 0.15) is 12.8 Å². The molecule has 1 unspecified atom stereocenters. The number of fused-ring (bicyclic) bond motifs is 1. The van der Waals surface area contributed by atoms with Crippen LogP contribution in [0.2, 0.25) is 0 Å². The third-order valence-corrected chi connectivity index (χ3v) is 5.65. The van der Waals surface area contributed by atoms with Gasteiger partial charge in [-0.25, -0.2) is 4.98 Å². The van der Waals surface area contributed by atoms with E-state index in [1.165, 1.54) is 16.8 Å². The quantitative estimate of drug-likeness (QED) is 0.341. The van der Waals surface area contributed by atoms with E-state index in [1.807, 2.05) is 6.92 Å². The highest BCUT2D eigenvalue weighted by Crippen LogP contribution is 2.37. The first kappa shape index (κ1) is 25.4. The van der Waals surface area contributed by atoms with Gasteiger partial charge in [0, 0.05) is 23.6 Å². The van der Waals surface area contributed by atoms with Crippen LogP contribution < -0.4 is 10.6 Å². The lowest BCUT2D eigenvalue weighted by Gasteiger charge is -2.14. The number of carbonyl (C=O) groups excluding carboxylic acids is 2. The maximum absolute atomic E-state index is 13.7. The molecule has 0 saturated heterocycles. The zero-order valence-corrected chi connectivity index (χ0v) is 19.9. The maximum Gasteiger partial charge on any atom is 0.435 e. The molecule has 0 radical (unpaired) electrons. The van der Waals surface area contributed by atoms with Gasteiger partial charge in [0.05, 0.1) is 35.3 Å². The smallest absolute Gasteiger partial charge is 0.352 e. The van der Waals surface area contributed by atoms with Crippen molar-refractivity contribution in [1.29, 1.82) is 5.26 Å². The lowest BCUT2D eigenvalue weighted by atomic mass is 10.0. The number of rotatable bonds is 8. The number of anilines is 2. The van der Waals surface area contributed by atoms with Crippen molar-refractivity contribution in [2.75, 3.05) is 5.32 Å². The normalized spacial score (nSPS) is 12.2. The van der Waals surface area contributed by atoms with Crippen molar-refractivity contribution in [3.8, 4) is 17.3 Å². The van der Waals surface area contributed by atoms with Gasteiger partial charge in [-0.15, -0.1) is 0 Å². The Bertz CT molecular complexity index is 1510. The fourth-order valence-electron chi connectivity index (χ4n) is 3.94. The number of nitrogens with zero attached hydrogens (tertiary/aromatic N) is 5. The molecule has 1 amide bonds. The number of alkyl halides is 3. The second kappa shape index (κ2) is 10.1. The second-order valence-corrected chi connectivity index (χ2v) is 8.25. The van der Waals surface area contributed by atoms with E-state index in [4.69, 9.17) is 5.26 Å². The zero-order chi connectivity index (χ0) is 26.7. The first-order chi connectivity index (χ1) is 17.7. The predicted molar refractivity (Wildman–Crippen MR) is 129 cm³/mol. The van der Waals surface area contributed by atoms with E-state index in [-0.39, 0.29) is 23.7 Å². The predicted octanol–water partition coefficient (Wildman–Crippen LogP) is 4.36. The van der Waals surface area contributed by atoms with E-state index in [0.29, 0.717) is 35.3 Å². The molecule has 2 N–H and O–H groups in total. The first-order valence-corrected chi connectivity index (χ1v) is 11.3. The minimum Gasteiger partial charge on any atom is -0.352 e. The molecular weight excluding hydrogens is 487 g/mol. The van der Waals surface area contributed by atoms with E-state index in [0.717, 1.165) is 10.2 Å². The molecule has 0 spiro atoms. The Balaban J connectivity index is 1.70. The van der Waals surface area contributed by atoms with Gasteiger partial charge in [-0.2, -0.15) is 23.5 Å². The van der Waals surface area contributed by atoms with Crippen LogP contribution >= 0.6 is 0 Å². The lowest BCUT2D eigenvalue weighted by Crippen LogP contribution is -2.34. The van der Waals surface area contributed by atoms with Crippen LogP contribution in [0.1, 0.15) is 35.5 Å². The Morgan fingerprint density at radius 3 is 2.76 bits per heavy atom. The van der Waals surface area contributed by atoms with Gasteiger partial charge in [0.25, 0.3) is 5.91 Å². The summed E-state index contributed by atoms with van der Waals surface area (Å²) in [5.74, 6) is -0.361. The molecule has 37 heavy (non-hydrogen) atoms. The molecule has 0 saturated carbocycles. The van der Waals surface area contributed by atoms with Gasteiger partial charge in [0.15, 0.2) is 11.3 Å². The van der Waals surface area contributed by atoms with E-state index < -0.39 is 17.9 Å². The number of hydrogen-bond donors (Lipinski definition) is 2. The van der Waals surface area contributed by atoms with Crippen molar-refractivity contribution in [3.63, 3.8) is 0 Å². The third kappa shape index (κ3) is 5.16. The fraction of sp³-hybridized carbons (Fsp3) is 0.240. The Kier molecular flexibility index (Phi) is 6.97. The number of carbonyl (C=O) groups is 2. The molecule has 3 aromatic heterocycles. The minimum absolute atomic E-state index is 0.167. The Hall–Kier alpha value is -4.66. The van der Waals surface area contributed by atoms with Gasteiger partial charge in [-0.05, 0) is 49.2 Å². The van der Waals surface area contributed by atoms with Gasteiger partial charge in [0.2, 0.25) is 0 Å². The van der Waals surface area contributed by atoms with Gasteiger partial charge >= 0.3 is 6.18 Å². The summed E-state index contributed by atoms with van der Waals surface area (Å²) >= 11 is 0. The minimum atomic E-state index is -4.72. The molecule has 12 heteroatoms. The molecule has 190 valence electrons. The summed E-state index contributed by atoms with van der Waals surface area (Å²) in [5, 5.41) is 18.3. The number of pyridine rings is 1. The molecule has 4 rings (SSSR count). The molecule has 1 aromatic carbocycles. The average molecular weight is 509 g/mol. The maximum atomic E-state index is 13.7. The molecule has 0 aliphatic heterocycles. The summed E-state index contributed by atoms with van der Waals surface area (Å²) in [6, 6.07) is 9.69. The van der Waals surface area contributed by atoms with Gasteiger partial charge < -0.3 is 15.4 Å². The van der Waals surface area contributed by atoms with Crippen molar-refractivity contribution in [3.05, 3.63) is 65.7 Å². The van der Waals surface area contributed by atoms with Crippen molar-refractivity contribution < 1.29 is 22.8 Å². The van der Waals surface area contributed by atoms with E-state index >= 15 is 0 Å². The summed E-state index contributed by atoms with van der Waals surface area (Å²) in [6.07, 6.45) is 0.568. The topological polar surface area (TPSA) is 117 Å². The van der Waals surface area contributed by atoms with E-state index in [1.54, 1.807) is 49.5 Å². The SMILES string of the molecule is CCc1cc(Nc2cccn3c(-c4cn(CC#N)nc4C(F)(F)F)cnc23)ccc1C(=O)NC(C)C=O. The number of hydrogen-bond acceptors (Lipinski definition) is 6. The Morgan fingerprint density at radius 1 is 1.30 bits per heavy atom. The largest absolute Gasteiger partial charge is 0.435 e. The number of benzene rings is 1. The van der Waals surface area contributed by atoms with Gasteiger partial charge in [-0.3, -0.25) is 13.9 Å². The molecule has 0 aliphatic rings. The molecule has 0 fully saturated rings. The van der Waals surface area contributed by atoms with Crippen LogP contribution in [0.5, 0.6) is 0 Å². The van der Waals surface area contributed by atoms with E-state index in [2.05, 4.69) is 20.7 Å². The summed E-state index contributed by atoms with van der Waals surface area (Å²) in [5.41, 5.74) is 1.61. The molecule has 4 aromatic rings. The monoisotopic (exact) mass is 509 g/mol. The van der Waals surface area contributed by atoms with Crippen molar-refractivity contribution in [2.24, 2.45) is 0 Å². The number of aryl methyl sites for hydroxylation is 1. The molecule has 0 bridgehead atoms. The summed E-state index contributed by atoms with van der Waals surface area (Å²) in [6.45, 7) is 3.15. The number of nitriles is 1. The summed E-state index contributed by atoms with van der Waals surface area (Å²) in [4.78, 5) is 27.7. The average Bonchev–Trinajstić information content (AvgIpc) is 3.49. The number of nitrogens with one attached hydrogen (secondary N) is 2. The van der Waals surface area contributed by atoms with Crippen LogP contribution in [-0.2, 0) is 23.9 Å². The highest BCUT2D eigenvalue weighted by Gasteiger charge is 2.38. The molecule has 0 aliphatic carbocycles. The lowest BCUT2D eigenvalue weighted by molar-refractivity contribution is -0.141. The molecule has 3 heterocycles. The van der Waals surface area contributed by atoms with Crippen LogP contribution in [0.4, 0.5) is 24.5 Å². The molecule has 1 atom stereocenters. The van der Waals surface area contributed by atoms with Crippen LogP contribution in [0.25, 0.3) is 16.9 Å². The zero-order valence-electron chi connectivity index (χ0n) is 19.9. The second-order valence-electron chi connectivity index (χ2n) is 8.25. The number of aromatic nitrogens is 4. The van der Waals surface area contributed by atoms with E-state index in [9.17, 15) is 22.8 Å². The first-order valence-electron chi connectivity index (χ1n) is 11.3. The van der Waals surface area contributed by atoms with Crippen molar-refractivity contribution in [2.45, 2.75) is 39.0 Å². The van der Waals surface area contributed by atoms with Crippen LogP contribution in [0, 0.1) is 11.3 Å². The summed E-state index contributed by atoms with van der Waals surface area (Å²) < 4.78 is 43.4. The number of halogens is 3. The van der Waals surface area contributed by atoms with Crippen molar-refractivity contribution >= 4 is 29.2 Å². The summed E-state index contributed by atoms with van der Waals surface area (Å²) in [7, 11) is 0. The van der Waals surface area contributed by atoms with Crippen LogP contribution in [0.3, 0.4) is 0 Å². The number of aldehydes is 1. The highest BCUT2D eigenvalue weighted by molar-refractivity contribution is 5.97. The van der Waals surface area contributed by atoms with Crippen LogP contribution in [-0.4, -0.2) is 37.4 Å². The Morgan fingerprint density at radius 2 is 2.08 bits per heavy atom. The molecule has 9 nitrogen and oxygen atoms in total. The van der Waals surface area contributed by atoms with Gasteiger partial charge in [-0.1, -0.05) is 6.92 Å². The standard InChI is InChI=1S/C25H22F3N7O2/c1-3-16-11-17(6-7-18(16)24(37)31-15(2)14-36)32-20-5-4-9-35-21(12-30-23(20)35)19-13-34(10-8-29)33-22(19)25(26,27)28/h4-7,9,11-15,32H,3,10H2,1-2H3,(H,31,37). The number of imidazole rings is 1. The third-order valence-electron chi connectivity index (χ3n) is 5.65. The number of amides is 1. The highest BCUT2D eigenvalue weighted by atomic mass is 19.4. The fourth-order valence-corrected chi connectivity index (χ4v) is 3.94. The van der Waals surface area contributed by atoms with Crippen molar-refractivity contribution in [1.82, 2.24) is 24.5 Å².